The van der Waals surface area contributed by atoms with Gasteiger partial charge in [0.2, 0.25) is 0 Å². The third kappa shape index (κ3) is 4.53. The predicted octanol–water partition coefficient (Wildman–Crippen LogP) is 13.5. The van der Waals surface area contributed by atoms with Crippen LogP contribution in [0.25, 0.3) is 116 Å². The van der Waals surface area contributed by atoms with Crippen LogP contribution < -0.4 is 0 Å². The molecular formula is C50H29N3O2. The normalized spacial score (nSPS) is 12.0. The second kappa shape index (κ2) is 11.5. The van der Waals surface area contributed by atoms with Crippen molar-refractivity contribution in [2.45, 2.75) is 0 Å². The van der Waals surface area contributed by atoms with Crippen LogP contribution in [0.3, 0.4) is 0 Å². The number of nitrogens with zero attached hydrogens (tertiary/aromatic N) is 3. The zero-order chi connectivity index (χ0) is 36.0. The van der Waals surface area contributed by atoms with Gasteiger partial charge in [-0.15, -0.1) is 0 Å². The highest BCUT2D eigenvalue weighted by molar-refractivity contribution is 6.16. The Morgan fingerprint density at radius 3 is 1.98 bits per heavy atom. The lowest BCUT2D eigenvalue weighted by molar-refractivity contribution is 0.668. The number of aromatic nitrogens is 3. The molecule has 0 saturated heterocycles. The molecule has 0 aliphatic rings. The summed E-state index contributed by atoms with van der Waals surface area (Å²) in [5, 5.41) is 7.75. The average Bonchev–Trinajstić information content (AvgIpc) is 3.92. The Bertz CT molecular complexity index is 3500. The van der Waals surface area contributed by atoms with Gasteiger partial charge in [-0.2, -0.15) is 0 Å². The maximum Gasteiger partial charge on any atom is 0.160 e. The maximum atomic E-state index is 6.68. The minimum atomic E-state index is 0.700. The van der Waals surface area contributed by atoms with E-state index >= 15 is 0 Å². The van der Waals surface area contributed by atoms with Gasteiger partial charge in [-0.3, -0.25) is 0 Å². The van der Waals surface area contributed by atoms with Crippen LogP contribution in [0.4, 0.5) is 0 Å². The molecule has 256 valence electrons. The fourth-order valence-electron chi connectivity index (χ4n) is 8.49. The molecule has 12 aromatic rings. The first-order chi connectivity index (χ1) is 27.2. The lowest BCUT2D eigenvalue weighted by Crippen LogP contribution is -1.95. The first-order valence-electron chi connectivity index (χ1n) is 18.5. The molecule has 0 amide bonds. The van der Waals surface area contributed by atoms with Gasteiger partial charge in [-0.05, 0) is 71.8 Å². The van der Waals surface area contributed by atoms with E-state index in [2.05, 4.69) is 132 Å². The summed E-state index contributed by atoms with van der Waals surface area (Å²) in [6.07, 6.45) is 0. The minimum Gasteiger partial charge on any atom is -0.456 e. The molecule has 0 spiro atoms. The monoisotopic (exact) mass is 703 g/mol. The van der Waals surface area contributed by atoms with Crippen LogP contribution in [-0.2, 0) is 0 Å². The number of benzene rings is 8. The molecule has 4 aromatic heterocycles. The highest BCUT2D eigenvalue weighted by atomic mass is 16.3. The van der Waals surface area contributed by atoms with Crippen LogP contribution in [-0.4, -0.2) is 14.5 Å². The van der Waals surface area contributed by atoms with Crippen LogP contribution in [0.2, 0.25) is 0 Å². The van der Waals surface area contributed by atoms with E-state index in [9.17, 15) is 0 Å². The molecule has 12 rings (SSSR count). The lowest BCUT2D eigenvalue weighted by Gasteiger charge is -2.11. The van der Waals surface area contributed by atoms with Gasteiger partial charge in [-0.1, -0.05) is 109 Å². The quantitative estimate of drug-likeness (QED) is 0.183. The lowest BCUT2D eigenvalue weighted by atomic mass is 10.00. The summed E-state index contributed by atoms with van der Waals surface area (Å²) in [7, 11) is 0. The molecule has 0 saturated carbocycles. The van der Waals surface area contributed by atoms with Crippen LogP contribution in [0, 0.1) is 0 Å². The van der Waals surface area contributed by atoms with Crippen molar-refractivity contribution < 1.29 is 8.83 Å². The van der Waals surface area contributed by atoms with Gasteiger partial charge in [0.05, 0.1) is 22.2 Å². The molecular weight excluding hydrogens is 675 g/mol. The van der Waals surface area contributed by atoms with E-state index in [0.29, 0.717) is 5.82 Å². The topological polar surface area (TPSA) is 57.0 Å². The van der Waals surface area contributed by atoms with Gasteiger partial charge >= 0.3 is 0 Å². The summed E-state index contributed by atoms with van der Waals surface area (Å²) in [5.41, 5.74) is 12.9. The molecule has 5 heteroatoms. The van der Waals surface area contributed by atoms with E-state index in [1.807, 2.05) is 48.5 Å². The molecule has 0 aliphatic heterocycles. The fraction of sp³-hybridized carbons (Fsp3) is 0. The molecule has 8 aromatic carbocycles. The molecule has 0 aliphatic carbocycles. The van der Waals surface area contributed by atoms with E-state index in [0.717, 1.165) is 99.4 Å². The smallest absolute Gasteiger partial charge is 0.160 e. The summed E-state index contributed by atoms with van der Waals surface area (Å²) in [6.45, 7) is 0. The Labute approximate surface area is 314 Å². The maximum absolute atomic E-state index is 6.68. The van der Waals surface area contributed by atoms with E-state index in [-0.39, 0.29) is 0 Å². The molecule has 0 unspecified atom stereocenters. The zero-order valence-electron chi connectivity index (χ0n) is 29.4. The van der Waals surface area contributed by atoms with E-state index in [1.54, 1.807) is 0 Å². The summed E-state index contributed by atoms with van der Waals surface area (Å²) in [6, 6.07) is 61.4. The second-order valence-corrected chi connectivity index (χ2v) is 14.1. The Hall–Kier alpha value is -7.50. The predicted molar refractivity (Wildman–Crippen MR) is 225 cm³/mol. The van der Waals surface area contributed by atoms with Crippen molar-refractivity contribution in [3.63, 3.8) is 0 Å². The molecule has 55 heavy (non-hydrogen) atoms. The number of hydrogen-bond donors (Lipinski definition) is 0. The van der Waals surface area contributed by atoms with Crippen molar-refractivity contribution in [3.05, 3.63) is 176 Å². The van der Waals surface area contributed by atoms with E-state index in [1.165, 1.54) is 10.8 Å². The molecule has 0 radical (unpaired) electrons. The Balaban J connectivity index is 1.02. The van der Waals surface area contributed by atoms with Crippen LogP contribution in [0.5, 0.6) is 0 Å². The highest BCUT2D eigenvalue weighted by Crippen LogP contribution is 2.42. The second-order valence-electron chi connectivity index (χ2n) is 14.1. The highest BCUT2D eigenvalue weighted by Gasteiger charge is 2.20. The molecule has 0 atom stereocenters. The van der Waals surface area contributed by atoms with Crippen molar-refractivity contribution in [1.82, 2.24) is 14.5 Å². The standard InChI is InChI=1S/C50H29N3O2/c1-2-11-30(12-3-1)50-51-41-17-7-4-15-36(41)49(52-50)38-16-10-20-46-48(38)37-24-23-33(29-47(37)55-46)53-42-18-8-5-13-34(42)39-27-31(21-25-43(39)53)32-22-26-45-40(28-32)35-14-6-9-19-44(35)54-45/h1-29H. The summed E-state index contributed by atoms with van der Waals surface area (Å²) < 4.78 is 15.1. The fourth-order valence-corrected chi connectivity index (χ4v) is 8.49. The third-order valence-electron chi connectivity index (χ3n) is 11.0. The van der Waals surface area contributed by atoms with E-state index in [4.69, 9.17) is 18.8 Å². The van der Waals surface area contributed by atoms with Crippen LogP contribution >= 0.6 is 0 Å². The number of fused-ring (bicyclic) bond motifs is 10. The Morgan fingerprint density at radius 1 is 0.382 bits per heavy atom. The average molecular weight is 704 g/mol. The van der Waals surface area contributed by atoms with Gasteiger partial charge in [0.25, 0.3) is 0 Å². The first kappa shape index (κ1) is 30.0. The van der Waals surface area contributed by atoms with Gasteiger partial charge in [-0.25, -0.2) is 9.97 Å². The van der Waals surface area contributed by atoms with Crippen LogP contribution in [0.1, 0.15) is 0 Å². The molecule has 0 N–H and O–H groups in total. The van der Waals surface area contributed by atoms with Gasteiger partial charge in [0, 0.05) is 60.6 Å². The van der Waals surface area contributed by atoms with Crippen molar-refractivity contribution in [2.75, 3.05) is 0 Å². The first-order valence-corrected chi connectivity index (χ1v) is 18.5. The summed E-state index contributed by atoms with van der Waals surface area (Å²) in [4.78, 5) is 10.2. The number of furan rings is 2. The van der Waals surface area contributed by atoms with Gasteiger partial charge in [0.15, 0.2) is 5.82 Å². The van der Waals surface area contributed by atoms with E-state index < -0.39 is 0 Å². The Morgan fingerprint density at radius 2 is 1.07 bits per heavy atom. The van der Waals surface area contributed by atoms with Crippen molar-refractivity contribution >= 4 is 76.6 Å². The molecule has 0 fully saturated rings. The van der Waals surface area contributed by atoms with Gasteiger partial charge in [0.1, 0.15) is 22.3 Å². The largest absolute Gasteiger partial charge is 0.456 e. The molecule has 0 bridgehead atoms. The molecule has 4 heterocycles. The number of rotatable bonds is 4. The number of hydrogen-bond acceptors (Lipinski definition) is 4. The van der Waals surface area contributed by atoms with Crippen molar-refractivity contribution in [1.29, 1.82) is 0 Å². The van der Waals surface area contributed by atoms with Gasteiger partial charge < -0.3 is 13.4 Å². The third-order valence-corrected chi connectivity index (χ3v) is 11.0. The van der Waals surface area contributed by atoms with Crippen molar-refractivity contribution in [2.24, 2.45) is 0 Å². The summed E-state index contributed by atoms with van der Waals surface area (Å²) >= 11 is 0. The SMILES string of the molecule is c1ccc(-c2nc(-c3cccc4oc5cc(-n6c7ccccc7c7cc(-c8ccc9oc%10ccccc%10c9c8)ccc76)ccc5c34)c3ccccc3n2)cc1. The molecule has 5 nitrogen and oxygen atoms in total. The zero-order valence-corrected chi connectivity index (χ0v) is 29.4. The van der Waals surface area contributed by atoms with Crippen LogP contribution in [0.15, 0.2) is 185 Å². The number of para-hydroxylation sites is 3. The minimum absolute atomic E-state index is 0.700. The van der Waals surface area contributed by atoms with Crippen molar-refractivity contribution in [3.8, 4) is 39.5 Å². The Kier molecular flexibility index (Phi) is 6.27. The summed E-state index contributed by atoms with van der Waals surface area (Å²) in [5.74, 6) is 0.700.